The van der Waals surface area contributed by atoms with Crippen molar-refractivity contribution in [1.29, 1.82) is 0 Å². The molecule has 0 atom stereocenters. The van der Waals surface area contributed by atoms with Crippen LogP contribution in [0.2, 0.25) is 0 Å². The number of aromatic hydroxyl groups is 1. The van der Waals surface area contributed by atoms with Crippen LogP contribution < -0.4 is 14.8 Å². The fourth-order valence-electron chi connectivity index (χ4n) is 2.03. The van der Waals surface area contributed by atoms with E-state index in [1.54, 1.807) is 19.9 Å². The summed E-state index contributed by atoms with van der Waals surface area (Å²) in [4.78, 5) is 0. The van der Waals surface area contributed by atoms with Crippen LogP contribution in [0.5, 0.6) is 17.2 Å². The lowest BCUT2D eigenvalue weighted by Gasteiger charge is -2.23. The van der Waals surface area contributed by atoms with E-state index in [4.69, 9.17) is 18.5 Å². The summed E-state index contributed by atoms with van der Waals surface area (Å²) in [5, 5.41) is 10.4. The third kappa shape index (κ3) is 5.41. The average Bonchev–Trinajstić information content (AvgIpc) is 2.36. The highest BCUT2D eigenvalue weighted by Gasteiger charge is 2.35. The first-order valence-electron chi connectivity index (χ1n) is 7.83. The van der Waals surface area contributed by atoms with E-state index in [-0.39, 0.29) is 42.2 Å². The molecule has 0 saturated carbocycles. The first-order valence-corrected chi connectivity index (χ1v) is 9.37. The molecule has 0 saturated heterocycles. The first-order chi connectivity index (χ1) is 10.7. The lowest BCUT2D eigenvalue weighted by atomic mass is 10.3. The van der Waals surface area contributed by atoms with Crippen LogP contribution in [0.15, 0.2) is 12.1 Å². The van der Waals surface area contributed by atoms with Crippen LogP contribution in [0.3, 0.4) is 0 Å². The summed E-state index contributed by atoms with van der Waals surface area (Å²) in [6.07, 6.45) is -0.253. The van der Waals surface area contributed by atoms with Gasteiger partial charge < -0.3 is 23.6 Å². The smallest absolute Gasteiger partial charge is 0.368 e. The van der Waals surface area contributed by atoms with Crippen LogP contribution in [-0.2, 0) is 13.6 Å². The maximum Gasteiger partial charge on any atom is 0.368 e. The van der Waals surface area contributed by atoms with Gasteiger partial charge in [0.05, 0.1) is 25.4 Å². The topological polar surface area (TPSA) is 74.2 Å². The Labute approximate surface area is 138 Å². The maximum absolute atomic E-state index is 13.0. The molecule has 1 N–H and O–H groups in total. The molecule has 1 aromatic rings. The Morgan fingerprint density at radius 3 is 1.96 bits per heavy atom. The summed E-state index contributed by atoms with van der Waals surface area (Å²) in [5.41, 5.74) is 0. The minimum absolute atomic E-state index is 0.0333. The van der Waals surface area contributed by atoms with Gasteiger partial charge in [-0.3, -0.25) is 4.57 Å². The molecule has 132 valence electrons. The fraction of sp³-hybridized carbons (Fsp3) is 0.625. The first kappa shape index (κ1) is 19.8. The zero-order chi connectivity index (χ0) is 17.6. The van der Waals surface area contributed by atoms with E-state index in [9.17, 15) is 9.67 Å². The third-order valence-electron chi connectivity index (χ3n) is 2.63. The average molecular weight is 346 g/mol. The van der Waals surface area contributed by atoms with Crippen LogP contribution in [0.25, 0.3) is 0 Å². The van der Waals surface area contributed by atoms with Gasteiger partial charge in [-0.25, -0.2) is 0 Å². The molecule has 6 nitrogen and oxygen atoms in total. The second-order valence-corrected chi connectivity index (χ2v) is 7.41. The molecule has 0 aliphatic rings. The third-order valence-corrected chi connectivity index (χ3v) is 4.83. The van der Waals surface area contributed by atoms with Crippen molar-refractivity contribution in [3.63, 3.8) is 0 Å². The molecule has 0 amide bonds. The minimum Gasteiger partial charge on any atom is -0.507 e. The Morgan fingerprint density at radius 1 is 1.00 bits per heavy atom. The summed E-state index contributed by atoms with van der Waals surface area (Å²) in [7, 11) is -3.69. The normalized spacial score (nSPS) is 12.0. The number of ether oxygens (including phenoxy) is 2. The number of hydrogen-bond donors (Lipinski definition) is 1. The van der Waals surface area contributed by atoms with Gasteiger partial charge in [0.25, 0.3) is 0 Å². The Hall–Kier alpha value is -1.23. The second-order valence-electron chi connectivity index (χ2n) is 5.46. The van der Waals surface area contributed by atoms with E-state index in [0.29, 0.717) is 5.75 Å². The molecular weight excluding hydrogens is 319 g/mol. The van der Waals surface area contributed by atoms with E-state index in [0.717, 1.165) is 0 Å². The predicted molar refractivity (Wildman–Crippen MR) is 90.1 cm³/mol. The van der Waals surface area contributed by atoms with Crippen molar-refractivity contribution in [2.45, 2.75) is 53.8 Å². The van der Waals surface area contributed by atoms with Crippen LogP contribution in [0, 0.1) is 0 Å². The van der Waals surface area contributed by atoms with Gasteiger partial charge in [-0.1, -0.05) is 0 Å². The molecule has 0 bridgehead atoms. The second kappa shape index (κ2) is 8.57. The SMILES string of the molecule is CCOP(=O)(OCC)c1c(O)cc(OC(C)C)cc1OC(C)C. The summed E-state index contributed by atoms with van der Waals surface area (Å²) >= 11 is 0. The van der Waals surface area contributed by atoms with Crippen LogP contribution in [0.1, 0.15) is 41.5 Å². The van der Waals surface area contributed by atoms with Gasteiger partial charge in [0.1, 0.15) is 22.6 Å². The van der Waals surface area contributed by atoms with Crippen LogP contribution >= 0.6 is 7.60 Å². The van der Waals surface area contributed by atoms with E-state index >= 15 is 0 Å². The molecule has 0 heterocycles. The number of phenols is 1. The highest BCUT2D eigenvalue weighted by molar-refractivity contribution is 7.62. The number of hydrogen-bond acceptors (Lipinski definition) is 6. The van der Waals surface area contributed by atoms with Gasteiger partial charge in [-0.05, 0) is 41.5 Å². The van der Waals surface area contributed by atoms with Crippen molar-refractivity contribution in [1.82, 2.24) is 0 Å². The minimum atomic E-state index is -3.69. The quantitative estimate of drug-likeness (QED) is 0.685. The zero-order valence-electron chi connectivity index (χ0n) is 14.7. The molecule has 0 radical (unpaired) electrons. The maximum atomic E-state index is 13.0. The van der Waals surface area contributed by atoms with Crippen molar-refractivity contribution >= 4 is 12.9 Å². The molecule has 0 fully saturated rings. The molecule has 1 rings (SSSR count). The Bertz CT molecular complexity index is 546. The zero-order valence-corrected chi connectivity index (χ0v) is 15.6. The lowest BCUT2D eigenvalue weighted by molar-refractivity contribution is 0.219. The largest absolute Gasteiger partial charge is 0.507 e. The van der Waals surface area contributed by atoms with E-state index < -0.39 is 7.60 Å². The Morgan fingerprint density at radius 2 is 1.52 bits per heavy atom. The summed E-state index contributed by atoms with van der Waals surface area (Å²) in [6, 6.07) is 2.99. The van der Waals surface area contributed by atoms with Gasteiger partial charge in [-0.15, -0.1) is 0 Å². The molecule has 7 heteroatoms. The van der Waals surface area contributed by atoms with Gasteiger partial charge in [0, 0.05) is 12.1 Å². The molecule has 23 heavy (non-hydrogen) atoms. The van der Waals surface area contributed by atoms with Crippen molar-refractivity contribution < 1.29 is 28.2 Å². The van der Waals surface area contributed by atoms with Gasteiger partial charge >= 0.3 is 7.60 Å². The van der Waals surface area contributed by atoms with E-state index in [2.05, 4.69) is 0 Å². The lowest BCUT2D eigenvalue weighted by Crippen LogP contribution is -2.19. The van der Waals surface area contributed by atoms with Crippen molar-refractivity contribution in [2.75, 3.05) is 13.2 Å². The van der Waals surface area contributed by atoms with Crippen LogP contribution in [-0.4, -0.2) is 30.5 Å². The molecule has 0 unspecified atom stereocenters. The van der Waals surface area contributed by atoms with Gasteiger partial charge in [0.15, 0.2) is 0 Å². The summed E-state index contributed by atoms with van der Waals surface area (Å²) in [6.45, 7) is 11.2. The fourth-order valence-corrected chi connectivity index (χ4v) is 3.78. The van der Waals surface area contributed by atoms with Crippen molar-refractivity contribution in [3.8, 4) is 17.2 Å². The van der Waals surface area contributed by atoms with Gasteiger partial charge in [-0.2, -0.15) is 0 Å². The van der Waals surface area contributed by atoms with E-state index in [1.807, 2.05) is 27.7 Å². The molecule has 0 spiro atoms. The Balaban J connectivity index is 3.45. The van der Waals surface area contributed by atoms with Crippen molar-refractivity contribution in [2.24, 2.45) is 0 Å². The standard InChI is InChI=1S/C16H27O6P/c1-7-19-23(18,20-8-2)16-14(17)9-13(21-11(3)4)10-15(16)22-12(5)6/h9-12,17H,7-8H2,1-6H3. The molecule has 1 aromatic carbocycles. The molecule has 0 aliphatic carbocycles. The monoisotopic (exact) mass is 346 g/mol. The van der Waals surface area contributed by atoms with Crippen molar-refractivity contribution in [3.05, 3.63) is 12.1 Å². The van der Waals surface area contributed by atoms with Crippen LogP contribution in [0.4, 0.5) is 0 Å². The predicted octanol–water partition coefficient (Wildman–Crippen LogP) is 3.86. The molecular formula is C16H27O6P. The van der Waals surface area contributed by atoms with E-state index in [1.165, 1.54) is 6.07 Å². The molecule has 0 aliphatic heterocycles. The summed E-state index contributed by atoms with van der Waals surface area (Å²) in [5.74, 6) is 0.432. The Kier molecular flexibility index (Phi) is 7.39. The number of benzene rings is 1. The summed E-state index contributed by atoms with van der Waals surface area (Å²) < 4.78 is 35.0. The number of rotatable bonds is 9. The molecule has 0 aromatic heterocycles. The highest BCUT2D eigenvalue weighted by atomic mass is 31.2. The van der Waals surface area contributed by atoms with Gasteiger partial charge in [0.2, 0.25) is 0 Å². The highest BCUT2D eigenvalue weighted by Crippen LogP contribution is 2.52. The number of phenolic OH excluding ortho intramolecular Hbond substituents is 1.